The molecule has 0 radical (unpaired) electrons. The second-order valence-corrected chi connectivity index (χ2v) is 6.43. The highest BCUT2D eigenvalue weighted by molar-refractivity contribution is 9.11. The van der Waals surface area contributed by atoms with E-state index in [1.165, 1.54) is 0 Å². The number of rotatable bonds is 3. The van der Waals surface area contributed by atoms with E-state index < -0.39 is 6.10 Å². The lowest BCUT2D eigenvalue weighted by Gasteiger charge is -2.16. The van der Waals surface area contributed by atoms with Gasteiger partial charge in [0.2, 0.25) is 0 Å². The predicted molar refractivity (Wildman–Crippen MR) is 84.1 cm³/mol. The highest BCUT2D eigenvalue weighted by atomic mass is 79.9. The van der Waals surface area contributed by atoms with Crippen LogP contribution in [0.4, 0.5) is 0 Å². The Morgan fingerprint density at radius 2 is 1.78 bits per heavy atom. The van der Waals surface area contributed by atoms with E-state index in [1.807, 2.05) is 48.7 Å². The van der Waals surface area contributed by atoms with Gasteiger partial charge in [0.05, 0.1) is 0 Å². The first-order valence-electron chi connectivity index (χ1n) is 5.39. The van der Waals surface area contributed by atoms with Crippen LogP contribution in [0.25, 0.3) is 0 Å². The lowest BCUT2D eigenvalue weighted by molar-refractivity contribution is 0.216. The molecule has 0 fully saturated rings. The zero-order valence-corrected chi connectivity index (χ0v) is 13.7. The van der Waals surface area contributed by atoms with Gasteiger partial charge in [-0.25, -0.2) is 0 Å². The first-order chi connectivity index (χ1) is 8.63. The maximum absolute atomic E-state index is 10.5. The standard InChI is InChI=1S/C14H12Br2OS/c1-18-13-5-3-2-4-10(13)14(17)11-8-9(15)6-7-12(11)16/h2-8,14,17H,1H3. The van der Waals surface area contributed by atoms with Gasteiger partial charge < -0.3 is 5.11 Å². The molecule has 1 N–H and O–H groups in total. The molecule has 18 heavy (non-hydrogen) atoms. The number of hydrogen-bond donors (Lipinski definition) is 1. The average molecular weight is 388 g/mol. The van der Waals surface area contributed by atoms with Crippen LogP contribution >= 0.6 is 43.6 Å². The summed E-state index contributed by atoms with van der Waals surface area (Å²) in [5, 5.41) is 10.5. The normalized spacial score (nSPS) is 12.4. The van der Waals surface area contributed by atoms with Crippen molar-refractivity contribution in [2.45, 2.75) is 11.0 Å². The van der Waals surface area contributed by atoms with Crippen LogP contribution in [0.2, 0.25) is 0 Å². The fourth-order valence-electron chi connectivity index (χ4n) is 1.78. The largest absolute Gasteiger partial charge is 0.384 e. The average Bonchev–Trinajstić information content (AvgIpc) is 2.40. The summed E-state index contributed by atoms with van der Waals surface area (Å²) in [5.74, 6) is 0. The Bertz CT molecular complexity index is 557. The van der Waals surface area contributed by atoms with E-state index in [0.29, 0.717) is 0 Å². The third-order valence-electron chi connectivity index (χ3n) is 2.69. The predicted octanol–water partition coefficient (Wildman–Crippen LogP) is 5.02. The van der Waals surface area contributed by atoms with E-state index >= 15 is 0 Å². The molecule has 2 rings (SSSR count). The van der Waals surface area contributed by atoms with Crippen molar-refractivity contribution < 1.29 is 5.11 Å². The minimum atomic E-state index is -0.625. The van der Waals surface area contributed by atoms with Crippen molar-refractivity contribution in [1.29, 1.82) is 0 Å². The monoisotopic (exact) mass is 386 g/mol. The summed E-state index contributed by atoms with van der Waals surface area (Å²) >= 11 is 8.56. The summed E-state index contributed by atoms with van der Waals surface area (Å²) in [6.07, 6.45) is 1.39. The van der Waals surface area contributed by atoms with Gasteiger partial charge in [-0.3, -0.25) is 0 Å². The summed E-state index contributed by atoms with van der Waals surface area (Å²) in [6.45, 7) is 0. The van der Waals surface area contributed by atoms with Crippen LogP contribution in [0.3, 0.4) is 0 Å². The molecule has 0 amide bonds. The highest BCUT2D eigenvalue weighted by Gasteiger charge is 2.16. The fraction of sp³-hybridized carbons (Fsp3) is 0.143. The third-order valence-corrected chi connectivity index (χ3v) is 4.71. The molecule has 0 spiro atoms. The summed E-state index contributed by atoms with van der Waals surface area (Å²) < 4.78 is 1.87. The van der Waals surface area contributed by atoms with Gasteiger partial charge >= 0.3 is 0 Å². The van der Waals surface area contributed by atoms with Crippen molar-refractivity contribution in [1.82, 2.24) is 0 Å². The number of benzene rings is 2. The second kappa shape index (κ2) is 6.24. The Hall–Kier alpha value is -0.290. The van der Waals surface area contributed by atoms with Gasteiger partial charge in [0, 0.05) is 19.4 Å². The smallest absolute Gasteiger partial charge is 0.106 e. The Labute approximate surface area is 128 Å². The molecular formula is C14H12Br2OS. The quantitative estimate of drug-likeness (QED) is 0.746. The van der Waals surface area contributed by atoms with Gasteiger partial charge in [-0.2, -0.15) is 0 Å². The molecule has 0 bridgehead atoms. The molecule has 4 heteroatoms. The molecule has 1 unspecified atom stereocenters. The third kappa shape index (κ3) is 2.99. The van der Waals surface area contributed by atoms with E-state index in [9.17, 15) is 5.11 Å². The van der Waals surface area contributed by atoms with Gasteiger partial charge in [-0.1, -0.05) is 50.1 Å². The number of aliphatic hydroxyl groups is 1. The summed E-state index contributed by atoms with van der Waals surface area (Å²) in [7, 11) is 0. The van der Waals surface area contributed by atoms with Crippen molar-refractivity contribution >= 4 is 43.6 Å². The maximum Gasteiger partial charge on any atom is 0.106 e. The Balaban J connectivity index is 2.47. The van der Waals surface area contributed by atoms with Crippen molar-refractivity contribution in [2.75, 3.05) is 6.26 Å². The van der Waals surface area contributed by atoms with Crippen LogP contribution in [0.5, 0.6) is 0 Å². The van der Waals surface area contributed by atoms with Crippen molar-refractivity contribution in [3.05, 3.63) is 62.5 Å². The van der Waals surface area contributed by atoms with E-state index in [1.54, 1.807) is 11.8 Å². The maximum atomic E-state index is 10.5. The molecule has 0 aliphatic carbocycles. The first kappa shape index (κ1) is 14.1. The minimum Gasteiger partial charge on any atom is -0.384 e. The zero-order chi connectivity index (χ0) is 13.1. The molecule has 2 aromatic rings. The molecule has 0 heterocycles. The van der Waals surface area contributed by atoms with Crippen LogP contribution in [-0.2, 0) is 0 Å². The van der Waals surface area contributed by atoms with Crippen LogP contribution in [0.1, 0.15) is 17.2 Å². The SMILES string of the molecule is CSc1ccccc1C(O)c1cc(Br)ccc1Br. The van der Waals surface area contributed by atoms with E-state index in [0.717, 1.165) is 25.0 Å². The van der Waals surface area contributed by atoms with E-state index in [4.69, 9.17) is 0 Å². The van der Waals surface area contributed by atoms with Crippen LogP contribution < -0.4 is 0 Å². The summed E-state index contributed by atoms with van der Waals surface area (Å²) in [4.78, 5) is 1.09. The van der Waals surface area contributed by atoms with Crippen molar-refractivity contribution in [2.24, 2.45) is 0 Å². The number of halogens is 2. The van der Waals surface area contributed by atoms with Gasteiger partial charge in [-0.15, -0.1) is 11.8 Å². The van der Waals surface area contributed by atoms with Crippen molar-refractivity contribution in [3.63, 3.8) is 0 Å². The van der Waals surface area contributed by atoms with Crippen molar-refractivity contribution in [3.8, 4) is 0 Å². The Morgan fingerprint density at radius 3 is 2.50 bits per heavy atom. The topological polar surface area (TPSA) is 20.2 Å². The molecular weight excluding hydrogens is 376 g/mol. The molecule has 1 atom stereocenters. The summed E-state index contributed by atoms with van der Waals surface area (Å²) in [6, 6.07) is 13.7. The van der Waals surface area contributed by atoms with Gasteiger partial charge in [0.25, 0.3) is 0 Å². The van der Waals surface area contributed by atoms with Crippen LogP contribution in [-0.4, -0.2) is 11.4 Å². The minimum absolute atomic E-state index is 0.625. The van der Waals surface area contributed by atoms with Gasteiger partial charge in [-0.05, 0) is 36.1 Å². The number of aliphatic hydroxyl groups excluding tert-OH is 1. The fourth-order valence-corrected chi connectivity index (χ4v) is 3.26. The Morgan fingerprint density at radius 1 is 1.06 bits per heavy atom. The zero-order valence-electron chi connectivity index (χ0n) is 9.73. The molecule has 1 nitrogen and oxygen atoms in total. The molecule has 0 saturated carbocycles. The number of hydrogen-bond acceptors (Lipinski definition) is 2. The van der Waals surface area contributed by atoms with E-state index in [-0.39, 0.29) is 0 Å². The molecule has 0 aromatic heterocycles. The summed E-state index contributed by atoms with van der Waals surface area (Å²) in [5.41, 5.74) is 1.80. The van der Waals surface area contributed by atoms with Crippen LogP contribution in [0.15, 0.2) is 56.3 Å². The lowest BCUT2D eigenvalue weighted by atomic mass is 10.0. The first-order valence-corrected chi connectivity index (χ1v) is 8.20. The van der Waals surface area contributed by atoms with E-state index in [2.05, 4.69) is 31.9 Å². The lowest BCUT2D eigenvalue weighted by Crippen LogP contribution is -2.02. The van der Waals surface area contributed by atoms with Gasteiger partial charge in [0.15, 0.2) is 0 Å². The number of thioether (sulfide) groups is 1. The molecule has 0 saturated heterocycles. The van der Waals surface area contributed by atoms with Gasteiger partial charge in [0.1, 0.15) is 6.10 Å². The molecule has 2 aromatic carbocycles. The highest BCUT2D eigenvalue weighted by Crippen LogP contribution is 2.34. The van der Waals surface area contributed by atoms with Crippen LogP contribution in [0, 0.1) is 0 Å². The molecule has 0 aliphatic rings. The second-order valence-electron chi connectivity index (χ2n) is 3.81. The molecule has 0 aliphatic heterocycles. The molecule has 94 valence electrons. The Kier molecular flexibility index (Phi) is 4.90.